The first-order valence-corrected chi connectivity index (χ1v) is 11.1. The van der Waals surface area contributed by atoms with Crippen LogP contribution in [0.5, 0.6) is 0 Å². The van der Waals surface area contributed by atoms with Crippen LogP contribution in [0.25, 0.3) is 0 Å². The highest BCUT2D eigenvalue weighted by atomic mass is 16.3. The number of nitrogens with zero attached hydrogens (tertiary/aromatic N) is 1. The lowest BCUT2D eigenvalue weighted by atomic mass is 9.87. The zero-order valence-electron chi connectivity index (χ0n) is 18.0. The molecule has 0 radical (unpaired) electrons. The summed E-state index contributed by atoms with van der Waals surface area (Å²) >= 11 is 0. The maximum atomic E-state index is 12.8. The molecule has 32 heavy (non-hydrogen) atoms. The molecule has 1 saturated heterocycles. The summed E-state index contributed by atoms with van der Waals surface area (Å²) in [4.78, 5) is 26.7. The van der Waals surface area contributed by atoms with E-state index in [0.29, 0.717) is 24.9 Å². The van der Waals surface area contributed by atoms with Gasteiger partial charge in [0.15, 0.2) is 0 Å². The highest BCUT2D eigenvalue weighted by molar-refractivity contribution is 5.97. The maximum Gasteiger partial charge on any atom is 0.251 e. The Labute approximate surface area is 188 Å². The van der Waals surface area contributed by atoms with E-state index < -0.39 is 5.60 Å². The molecule has 0 saturated carbocycles. The van der Waals surface area contributed by atoms with E-state index in [0.717, 1.165) is 29.7 Å². The van der Waals surface area contributed by atoms with Crippen LogP contribution < -0.4 is 10.2 Å². The van der Waals surface area contributed by atoms with Crippen molar-refractivity contribution >= 4 is 17.5 Å². The van der Waals surface area contributed by atoms with Crippen molar-refractivity contribution in [3.63, 3.8) is 0 Å². The third-order valence-corrected chi connectivity index (χ3v) is 5.96. The number of benzene rings is 3. The summed E-state index contributed by atoms with van der Waals surface area (Å²) in [6, 6.07) is 26.2. The molecule has 0 aromatic heterocycles. The lowest BCUT2D eigenvalue weighted by Gasteiger charge is -2.29. The Morgan fingerprint density at radius 2 is 1.56 bits per heavy atom. The number of anilines is 1. The highest BCUT2D eigenvalue weighted by Gasteiger charge is 2.30. The number of amides is 2. The van der Waals surface area contributed by atoms with E-state index in [1.807, 2.05) is 72.8 Å². The van der Waals surface area contributed by atoms with Crippen molar-refractivity contribution in [3.8, 4) is 0 Å². The molecule has 0 unspecified atom stereocenters. The molecule has 2 amide bonds. The van der Waals surface area contributed by atoms with E-state index >= 15 is 0 Å². The van der Waals surface area contributed by atoms with Crippen LogP contribution in [-0.2, 0) is 16.8 Å². The predicted octanol–water partition coefficient (Wildman–Crippen LogP) is 4.06. The molecule has 164 valence electrons. The number of carbonyl (C=O) groups excluding carboxylic acids is 2. The first-order valence-electron chi connectivity index (χ1n) is 11.1. The highest BCUT2D eigenvalue weighted by Crippen LogP contribution is 2.26. The molecule has 1 heterocycles. The Hall–Kier alpha value is -3.44. The van der Waals surface area contributed by atoms with Crippen LogP contribution in [0, 0.1) is 0 Å². The van der Waals surface area contributed by atoms with Crippen molar-refractivity contribution in [1.82, 2.24) is 5.32 Å². The van der Waals surface area contributed by atoms with Crippen molar-refractivity contribution in [3.05, 3.63) is 102 Å². The molecular weight excluding hydrogens is 400 g/mol. The molecule has 5 nitrogen and oxygen atoms in total. The summed E-state index contributed by atoms with van der Waals surface area (Å²) in [6.45, 7) is 0.797. The van der Waals surface area contributed by atoms with Gasteiger partial charge in [-0.05, 0) is 48.2 Å². The molecular formula is C27H28N2O3. The standard InChI is InChI=1S/C27H28N2O3/c30-25-13-7-8-18-29(25)24-16-14-22(15-17-24)26(31)28-20-27(32,23-11-5-2-6-12-23)19-21-9-3-1-4-10-21/h1-6,9-12,14-17,32H,7-8,13,18-20H2,(H,28,31)/t27-/m1/s1. The molecule has 5 heteroatoms. The molecule has 3 aromatic rings. The fourth-order valence-corrected chi connectivity index (χ4v) is 4.15. The van der Waals surface area contributed by atoms with Gasteiger partial charge in [0, 0.05) is 30.6 Å². The summed E-state index contributed by atoms with van der Waals surface area (Å²) < 4.78 is 0. The van der Waals surface area contributed by atoms with Gasteiger partial charge in [-0.1, -0.05) is 60.7 Å². The van der Waals surface area contributed by atoms with Crippen molar-refractivity contribution in [2.45, 2.75) is 31.3 Å². The third-order valence-electron chi connectivity index (χ3n) is 5.96. The van der Waals surface area contributed by atoms with Crippen LogP contribution in [0.4, 0.5) is 5.69 Å². The number of piperidine rings is 1. The van der Waals surface area contributed by atoms with Crippen LogP contribution >= 0.6 is 0 Å². The minimum Gasteiger partial charge on any atom is -0.383 e. The van der Waals surface area contributed by atoms with Gasteiger partial charge in [-0.15, -0.1) is 0 Å². The number of aliphatic hydroxyl groups is 1. The largest absolute Gasteiger partial charge is 0.383 e. The summed E-state index contributed by atoms with van der Waals surface area (Å²) in [5, 5.41) is 14.4. The van der Waals surface area contributed by atoms with Crippen LogP contribution in [-0.4, -0.2) is 30.0 Å². The molecule has 1 aliphatic rings. The van der Waals surface area contributed by atoms with Crippen LogP contribution in [0.1, 0.15) is 40.7 Å². The SMILES string of the molecule is O=C(NC[C@](O)(Cc1ccccc1)c1ccccc1)c1ccc(N2CCCCC2=O)cc1. The van der Waals surface area contributed by atoms with E-state index in [-0.39, 0.29) is 18.4 Å². The fraction of sp³-hybridized carbons (Fsp3) is 0.259. The van der Waals surface area contributed by atoms with Gasteiger partial charge in [0.25, 0.3) is 5.91 Å². The number of hydrogen-bond donors (Lipinski definition) is 2. The van der Waals surface area contributed by atoms with Gasteiger partial charge < -0.3 is 15.3 Å². The summed E-state index contributed by atoms with van der Waals surface area (Å²) in [5.74, 6) is -0.133. The smallest absolute Gasteiger partial charge is 0.251 e. The Morgan fingerprint density at radius 3 is 2.22 bits per heavy atom. The van der Waals surface area contributed by atoms with E-state index in [1.165, 1.54) is 0 Å². The Morgan fingerprint density at radius 1 is 0.906 bits per heavy atom. The fourth-order valence-electron chi connectivity index (χ4n) is 4.15. The number of hydrogen-bond acceptors (Lipinski definition) is 3. The monoisotopic (exact) mass is 428 g/mol. The van der Waals surface area contributed by atoms with E-state index in [9.17, 15) is 14.7 Å². The summed E-state index contributed by atoms with van der Waals surface area (Å²) in [5.41, 5.74) is 1.81. The predicted molar refractivity (Wildman–Crippen MR) is 125 cm³/mol. The average Bonchev–Trinajstić information content (AvgIpc) is 2.84. The zero-order valence-corrected chi connectivity index (χ0v) is 18.0. The summed E-state index contributed by atoms with van der Waals surface area (Å²) in [6.07, 6.45) is 2.88. The molecule has 0 spiro atoms. The maximum absolute atomic E-state index is 12.8. The van der Waals surface area contributed by atoms with Crippen LogP contribution in [0.3, 0.4) is 0 Å². The quantitative estimate of drug-likeness (QED) is 0.596. The molecule has 0 aliphatic carbocycles. The second-order valence-electron chi connectivity index (χ2n) is 8.29. The Balaban J connectivity index is 1.47. The Kier molecular flexibility index (Phi) is 6.66. The van der Waals surface area contributed by atoms with Gasteiger partial charge in [-0.2, -0.15) is 0 Å². The number of rotatable bonds is 7. The zero-order chi connectivity index (χ0) is 22.4. The van der Waals surface area contributed by atoms with Crippen molar-refractivity contribution in [2.75, 3.05) is 18.0 Å². The first kappa shape index (κ1) is 21.8. The number of carbonyl (C=O) groups is 2. The van der Waals surface area contributed by atoms with Crippen molar-refractivity contribution in [2.24, 2.45) is 0 Å². The van der Waals surface area contributed by atoms with E-state index in [2.05, 4.69) is 5.32 Å². The second kappa shape index (κ2) is 9.79. The lowest BCUT2D eigenvalue weighted by molar-refractivity contribution is -0.119. The molecule has 1 aliphatic heterocycles. The second-order valence-corrected chi connectivity index (χ2v) is 8.29. The molecule has 4 rings (SSSR count). The Bertz CT molecular complexity index is 1050. The van der Waals surface area contributed by atoms with Gasteiger partial charge in [-0.3, -0.25) is 9.59 Å². The van der Waals surface area contributed by atoms with Gasteiger partial charge >= 0.3 is 0 Å². The van der Waals surface area contributed by atoms with Gasteiger partial charge in [0.2, 0.25) is 5.91 Å². The lowest BCUT2D eigenvalue weighted by Crippen LogP contribution is -2.42. The van der Waals surface area contributed by atoms with E-state index in [4.69, 9.17) is 0 Å². The van der Waals surface area contributed by atoms with Crippen molar-refractivity contribution < 1.29 is 14.7 Å². The molecule has 1 atom stereocenters. The normalized spacial score (nSPS) is 15.8. The van der Waals surface area contributed by atoms with Crippen LogP contribution in [0.15, 0.2) is 84.9 Å². The molecule has 3 aromatic carbocycles. The molecule has 2 N–H and O–H groups in total. The number of nitrogens with one attached hydrogen (secondary N) is 1. The van der Waals surface area contributed by atoms with Gasteiger partial charge in [-0.25, -0.2) is 0 Å². The van der Waals surface area contributed by atoms with Crippen LogP contribution in [0.2, 0.25) is 0 Å². The minimum atomic E-state index is -1.24. The summed E-state index contributed by atoms with van der Waals surface area (Å²) in [7, 11) is 0. The third kappa shape index (κ3) is 5.06. The molecule has 0 bridgehead atoms. The minimum absolute atomic E-state index is 0.0805. The average molecular weight is 429 g/mol. The first-order chi connectivity index (χ1) is 15.5. The van der Waals surface area contributed by atoms with Gasteiger partial charge in [0.1, 0.15) is 5.60 Å². The van der Waals surface area contributed by atoms with Crippen molar-refractivity contribution in [1.29, 1.82) is 0 Å². The van der Waals surface area contributed by atoms with E-state index in [1.54, 1.807) is 17.0 Å². The molecule has 1 fully saturated rings. The topological polar surface area (TPSA) is 69.6 Å². The van der Waals surface area contributed by atoms with Gasteiger partial charge in [0.05, 0.1) is 6.54 Å².